The molecule has 0 saturated carbocycles. The number of rotatable bonds is 5. The van der Waals surface area contributed by atoms with Gasteiger partial charge in [-0.05, 0) is 38.5 Å². The molecule has 2 fully saturated rings. The van der Waals surface area contributed by atoms with E-state index in [0.717, 1.165) is 11.0 Å². The number of hydrogen-bond donors (Lipinski definition) is 0. The van der Waals surface area contributed by atoms with E-state index in [1.165, 1.54) is 19.2 Å². The summed E-state index contributed by atoms with van der Waals surface area (Å²) < 4.78 is 63.4. The van der Waals surface area contributed by atoms with E-state index in [2.05, 4.69) is 0 Å². The van der Waals surface area contributed by atoms with Gasteiger partial charge in [0.25, 0.3) is 11.8 Å². The van der Waals surface area contributed by atoms with E-state index in [1.807, 2.05) is 0 Å². The number of imide groups is 1. The van der Waals surface area contributed by atoms with Crippen LogP contribution in [0.3, 0.4) is 0 Å². The standard InChI is InChI=1S/C21H22F3NO6/c1-20(2)30-16-15(28-3)14(29-19(16)31-20)10-11(21(22,23)24)8-9-25-17(26)12-6-4-5-7-13(12)18(25)27/h4-7,10,14-16,19H,8-9H2,1-3H3/t14-,15+,16-,19-/m1/s1. The molecule has 0 aliphatic carbocycles. The number of benzene rings is 1. The first-order chi connectivity index (χ1) is 14.5. The summed E-state index contributed by atoms with van der Waals surface area (Å²) in [6, 6.07) is 6.15. The first-order valence-electron chi connectivity index (χ1n) is 9.79. The molecule has 7 nitrogen and oxygen atoms in total. The van der Waals surface area contributed by atoms with Gasteiger partial charge in [0.15, 0.2) is 12.1 Å². The lowest BCUT2D eigenvalue weighted by atomic mass is 10.0. The van der Waals surface area contributed by atoms with Gasteiger partial charge in [-0.1, -0.05) is 12.1 Å². The molecule has 1 aromatic rings. The predicted molar refractivity (Wildman–Crippen MR) is 100 cm³/mol. The summed E-state index contributed by atoms with van der Waals surface area (Å²) in [6.07, 6.45) is -7.73. The van der Waals surface area contributed by atoms with Crippen LogP contribution in [0.2, 0.25) is 0 Å². The van der Waals surface area contributed by atoms with Crippen molar-refractivity contribution in [1.29, 1.82) is 0 Å². The van der Waals surface area contributed by atoms with E-state index in [9.17, 15) is 22.8 Å². The van der Waals surface area contributed by atoms with Crippen molar-refractivity contribution in [2.45, 2.75) is 56.8 Å². The number of hydrogen-bond acceptors (Lipinski definition) is 6. The Bertz CT molecular complexity index is 893. The molecule has 4 atom stereocenters. The van der Waals surface area contributed by atoms with E-state index < -0.39 is 66.9 Å². The number of nitrogens with zero attached hydrogens (tertiary/aromatic N) is 1. The van der Waals surface area contributed by atoms with Gasteiger partial charge in [-0.15, -0.1) is 0 Å². The Morgan fingerprint density at radius 2 is 1.77 bits per heavy atom. The maximum Gasteiger partial charge on any atom is 0.412 e. The minimum absolute atomic E-state index is 0.188. The van der Waals surface area contributed by atoms with Crippen molar-refractivity contribution in [3.8, 4) is 0 Å². The molecule has 3 aliphatic heterocycles. The highest BCUT2D eigenvalue weighted by Crippen LogP contribution is 2.40. The van der Waals surface area contributed by atoms with Gasteiger partial charge in [0.1, 0.15) is 18.3 Å². The number of carbonyl (C=O) groups is 2. The Morgan fingerprint density at radius 1 is 1.16 bits per heavy atom. The van der Waals surface area contributed by atoms with Gasteiger partial charge in [0.05, 0.1) is 11.1 Å². The Balaban J connectivity index is 1.51. The SMILES string of the molecule is CO[C@@H]1[C@H]2OC(C)(C)O[C@H]2O[C@@H]1C=C(CCN1C(=O)c2ccccc2C1=O)C(F)(F)F. The third-order valence-electron chi connectivity index (χ3n) is 5.51. The van der Waals surface area contributed by atoms with E-state index in [1.54, 1.807) is 26.0 Å². The van der Waals surface area contributed by atoms with Crippen LogP contribution in [-0.4, -0.2) is 66.9 Å². The molecule has 0 spiro atoms. The molecule has 168 valence electrons. The van der Waals surface area contributed by atoms with Crippen molar-refractivity contribution in [2.75, 3.05) is 13.7 Å². The average Bonchev–Trinajstić information content (AvgIpc) is 3.24. The smallest absolute Gasteiger partial charge is 0.375 e. The zero-order chi connectivity index (χ0) is 22.6. The highest BCUT2D eigenvalue weighted by Gasteiger charge is 2.55. The van der Waals surface area contributed by atoms with E-state index >= 15 is 0 Å². The normalized spacial score (nSPS) is 30.1. The number of amides is 2. The van der Waals surface area contributed by atoms with Crippen LogP contribution in [0.25, 0.3) is 0 Å². The van der Waals surface area contributed by atoms with Crippen molar-refractivity contribution < 1.29 is 41.7 Å². The minimum Gasteiger partial charge on any atom is -0.375 e. The Morgan fingerprint density at radius 3 is 2.32 bits per heavy atom. The maximum absolute atomic E-state index is 13.7. The van der Waals surface area contributed by atoms with Gasteiger partial charge in [0.2, 0.25) is 0 Å². The van der Waals surface area contributed by atoms with Crippen LogP contribution in [0.4, 0.5) is 13.2 Å². The van der Waals surface area contributed by atoms with Crippen molar-refractivity contribution in [3.63, 3.8) is 0 Å². The molecule has 10 heteroatoms. The summed E-state index contributed by atoms with van der Waals surface area (Å²) in [5.41, 5.74) is -0.544. The van der Waals surface area contributed by atoms with Gasteiger partial charge in [-0.2, -0.15) is 13.2 Å². The molecule has 0 unspecified atom stereocenters. The fourth-order valence-electron chi connectivity index (χ4n) is 4.10. The van der Waals surface area contributed by atoms with Gasteiger partial charge in [-0.3, -0.25) is 14.5 Å². The number of alkyl halides is 3. The highest BCUT2D eigenvalue weighted by molar-refractivity contribution is 6.21. The molecule has 2 amide bonds. The zero-order valence-electron chi connectivity index (χ0n) is 17.1. The first-order valence-corrected chi connectivity index (χ1v) is 9.79. The number of fused-ring (bicyclic) bond motifs is 2. The van der Waals surface area contributed by atoms with Crippen LogP contribution in [0.15, 0.2) is 35.9 Å². The molecule has 31 heavy (non-hydrogen) atoms. The average molecular weight is 441 g/mol. The second-order valence-corrected chi connectivity index (χ2v) is 8.02. The van der Waals surface area contributed by atoms with Gasteiger partial charge < -0.3 is 18.9 Å². The second kappa shape index (κ2) is 7.70. The largest absolute Gasteiger partial charge is 0.412 e. The first kappa shape index (κ1) is 21.9. The minimum atomic E-state index is -4.68. The van der Waals surface area contributed by atoms with Crippen LogP contribution in [0.5, 0.6) is 0 Å². The fourth-order valence-corrected chi connectivity index (χ4v) is 4.10. The molecular formula is C21H22F3NO6. The summed E-state index contributed by atoms with van der Waals surface area (Å²) in [5, 5.41) is 0. The molecule has 3 aliphatic rings. The van der Waals surface area contributed by atoms with Crippen LogP contribution in [-0.2, 0) is 18.9 Å². The molecule has 0 bridgehead atoms. The monoisotopic (exact) mass is 441 g/mol. The molecular weight excluding hydrogens is 419 g/mol. The van der Waals surface area contributed by atoms with Crippen molar-refractivity contribution in [3.05, 3.63) is 47.0 Å². The predicted octanol–water partition coefficient (Wildman–Crippen LogP) is 3.05. The summed E-state index contributed by atoms with van der Waals surface area (Å²) in [5.74, 6) is -2.14. The highest BCUT2D eigenvalue weighted by atomic mass is 19.4. The third-order valence-corrected chi connectivity index (χ3v) is 5.51. The van der Waals surface area contributed by atoms with Crippen LogP contribution in [0.1, 0.15) is 41.0 Å². The van der Waals surface area contributed by atoms with E-state index in [4.69, 9.17) is 18.9 Å². The summed E-state index contributed by atoms with van der Waals surface area (Å²) in [6.45, 7) is 2.94. The number of halogens is 3. The van der Waals surface area contributed by atoms with Crippen LogP contribution in [0, 0.1) is 0 Å². The molecule has 0 N–H and O–H groups in total. The van der Waals surface area contributed by atoms with E-state index in [-0.39, 0.29) is 11.1 Å². The van der Waals surface area contributed by atoms with Crippen molar-refractivity contribution in [1.82, 2.24) is 4.90 Å². The maximum atomic E-state index is 13.7. The Kier molecular flexibility index (Phi) is 5.45. The molecule has 0 radical (unpaired) electrons. The number of methoxy groups -OCH3 is 1. The molecule has 2 saturated heterocycles. The zero-order valence-corrected chi connectivity index (χ0v) is 17.1. The Labute approximate surface area is 176 Å². The quantitative estimate of drug-likeness (QED) is 0.517. The second-order valence-electron chi connectivity index (χ2n) is 8.02. The lowest BCUT2D eigenvalue weighted by Gasteiger charge is -2.24. The lowest BCUT2D eigenvalue weighted by molar-refractivity contribution is -0.211. The van der Waals surface area contributed by atoms with Crippen molar-refractivity contribution >= 4 is 11.8 Å². The number of carbonyl (C=O) groups excluding carboxylic acids is 2. The van der Waals surface area contributed by atoms with Gasteiger partial charge in [-0.25, -0.2) is 0 Å². The third kappa shape index (κ3) is 4.00. The molecule has 0 aromatic heterocycles. The number of ether oxygens (including phenoxy) is 4. The van der Waals surface area contributed by atoms with Crippen LogP contribution < -0.4 is 0 Å². The Hall–Kier alpha value is -2.27. The molecule has 1 aromatic carbocycles. The van der Waals surface area contributed by atoms with E-state index in [0.29, 0.717) is 0 Å². The summed E-state index contributed by atoms with van der Waals surface area (Å²) >= 11 is 0. The lowest BCUT2D eigenvalue weighted by Crippen LogP contribution is -2.36. The van der Waals surface area contributed by atoms with Crippen molar-refractivity contribution in [2.24, 2.45) is 0 Å². The van der Waals surface area contributed by atoms with Crippen LogP contribution >= 0.6 is 0 Å². The summed E-state index contributed by atoms with van der Waals surface area (Å²) in [4.78, 5) is 25.7. The summed E-state index contributed by atoms with van der Waals surface area (Å²) in [7, 11) is 1.36. The fraction of sp³-hybridized carbons (Fsp3) is 0.524. The topological polar surface area (TPSA) is 74.3 Å². The molecule has 4 rings (SSSR count). The van der Waals surface area contributed by atoms with Gasteiger partial charge >= 0.3 is 6.18 Å². The molecule has 3 heterocycles. The van der Waals surface area contributed by atoms with Gasteiger partial charge in [0, 0.05) is 19.2 Å².